The average molecular weight is 338 g/mol. The Kier molecular flexibility index (Phi) is 5.41. The number of anilines is 1. The number of amides is 1. The summed E-state index contributed by atoms with van der Waals surface area (Å²) in [4.78, 5) is 14.8. The van der Waals surface area contributed by atoms with Crippen LogP contribution in [0.4, 0.5) is 5.82 Å². The fourth-order valence-corrected chi connectivity index (χ4v) is 3.50. The lowest BCUT2D eigenvalue weighted by molar-refractivity contribution is -0.410. The topological polar surface area (TPSA) is 131 Å². The number of nitrogens with one attached hydrogen (secondary N) is 1. The number of aromatic amines is 1. The van der Waals surface area contributed by atoms with Crippen molar-refractivity contribution in [2.75, 3.05) is 5.73 Å². The first-order valence-electron chi connectivity index (χ1n) is 7.22. The number of hydrogen-bond donors (Lipinski definition) is 2. The van der Waals surface area contributed by atoms with Crippen molar-refractivity contribution in [1.29, 1.82) is 10.5 Å². The standard InChI is InChI=1S/C17H15N5OS/c1-2-11-12(8-18)15(20)22-17(13(11)9-19)24-14(16(21)23)10-6-4-3-5-7-10/h3-7,14H,2H2,1H3,(H2,20,22)(H2,21,23)/p+1/t14-/m0/s1. The molecule has 2 aromatic rings. The first-order valence-corrected chi connectivity index (χ1v) is 8.10. The van der Waals surface area contributed by atoms with Crippen molar-refractivity contribution < 1.29 is 9.78 Å². The molecule has 0 saturated heterocycles. The van der Waals surface area contributed by atoms with Crippen molar-refractivity contribution in [3.05, 3.63) is 52.6 Å². The van der Waals surface area contributed by atoms with E-state index in [1.54, 1.807) is 12.1 Å². The zero-order valence-electron chi connectivity index (χ0n) is 13.0. The van der Waals surface area contributed by atoms with Crippen molar-refractivity contribution in [3.8, 4) is 12.1 Å². The summed E-state index contributed by atoms with van der Waals surface area (Å²) in [5.41, 5.74) is 13.3. The number of thioether (sulfide) groups is 1. The van der Waals surface area contributed by atoms with Crippen molar-refractivity contribution >= 4 is 23.5 Å². The molecular formula is C17H16N5OS+. The van der Waals surface area contributed by atoms with Crippen molar-refractivity contribution in [2.24, 2.45) is 5.73 Å². The number of nitrogens with two attached hydrogens (primary N) is 2. The summed E-state index contributed by atoms with van der Waals surface area (Å²) in [5, 5.41) is 18.5. The summed E-state index contributed by atoms with van der Waals surface area (Å²) in [7, 11) is 0. The maximum absolute atomic E-state index is 11.9. The fourth-order valence-electron chi connectivity index (χ4n) is 2.40. The number of nitrogens with zero attached hydrogens (tertiary/aromatic N) is 2. The summed E-state index contributed by atoms with van der Waals surface area (Å²) in [5.74, 6) is -0.350. The summed E-state index contributed by atoms with van der Waals surface area (Å²) < 4.78 is 0. The van der Waals surface area contributed by atoms with Gasteiger partial charge in [-0.2, -0.15) is 10.5 Å². The van der Waals surface area contributed by atoms with Gasteiger partial charge in [-0.15, -0.1) is 0 Å². The van der Waals surface area contributed by atoms with E-state index in [-0.39, 0.29) is 11.4 Å². The molecular weight excluding hydrogens is 322 g/mol. The zero-order valence-corrected chi connectivity index (χ0v) is 13.9. The van der Waals surface area contributed by atoms with Gasteiger partial charge in [0.15, 0.2) is 5.03 Å². The first kappa shape index (κ1) is 17.3. The van der Waals surface area contributed by atoms with Crippen LogP contribution in [0, 0.1) is 22.7 Å². The number of aromatic nitrogens is 1. The summed E-state index contributed by atoms with van der Waals surface area (Å²) in [6.07, 6.45) is 0.477. The predicted octanol–water partition coefficient (Wildman–Crippen LogP) is 1.71. The highest BCUT2D eigenvalue weighted by Gasteiger charge is 2.27. The first-order chi connectivity index (χ1) is 11.5. The third kappa shape index (κ3) is 3.32. The molecule has 0 unspecified atom stereocenters. The molecule has 6 nitrogen and oxygen atoms in total. The van der Waals surface area contributed by atoms with Crippen LogP contribution < -0.4 is 16.5 Å². The van der Waals surface area contributed by atoms with Gasteiger partial charge in [0.05, 0.1) is 0 Å². The minimum Gasteiger partial charge on any atom is -0.368 e. The largest absolute Gasteiger partial charge is 0.368 e. The molecule has 0 aliphatic rings. The van der Waals surface area contributed by atoms with E-state index in [0.717, 1.165) is 17.3 Å². The van der Waals surface area contributed by atoms with Crippen LogP contribution in [-0.4, -0.2) is 5.91 Å². The van der Waals surface area contributed by atoms with Gasteiger partial charge in [-0.05, 0) is 12.0 Å². The van der Waals surface area contributed by atoms with Gasteiger partial charge >= 0.3 is 0 Å². The van der Waals surface area contributed by atoms with Gasteiger partial charge in [0.2, 0.25) is 5.91 Å². The molecule has 0 radical (unpaired) electrons. The van der Waals surface area contributed by atoms with E-state index < -0.39 is 11.2 Å². The van der Waals surface area contributed by atoms with E-state index in [4.69, 9.17) is 11.5 Å². The number of benzene rings is 1. The van der Waals surface area contributed by atoms with Gasteiger partial charge in [-0.25, -0.2) is 4.98 Å². The second-order valence-electron chi connectivity index (χ2n) is 4.98. The Balaban J connectivity index is 2.56. The van der Waals surface area contributed by atoms with Crippen molar-refractivity contribution in [2.45, 2.75) is 23.6 Å². The SMILES string of the molecule is CCc1c(C#N)c(N)[nH+]c(S[C@H](C(N)=O)c2ccccc2)c1C#N. The summed E-state index contributed by atoms with van der Waals surface area (Å²) in [6, 6.07) is 13.2. The third-order valence-electron chi connectivity index (χ3n) is 3.52. The predicted molar refractivity (Wildman–Crippen MR) is 90.5 cm³/mol. The second-order valence-corrected chi connectivity index (χ2v) is 6.10. The second kappa shape index (κ2) is 7.49. The number of carbonyl (C=O) groups is 1. The van der Waals surface area contributed by atoms with E-state index >= 15 is 0 Å². The Bertz CT molecular complexity index is 852. The molecule has 0 aliphatic carbocycles. The average Bonchev–Trinajstić information content (AvgIpc) is 2.59. The van der Waals surface area contributed by atoms with Crippen LogP contribution >= 0.6 is 11.8 Å². The Hall–Kier alpha value is -3.03. The van der Waals surface area contributed by atoms with Gasteiger partial charge in [0, 0.05) is 5.56 Å². The molecule has 0 aliphatic heterocycles. The fraction of sp³-hybridized carbons (Fsp3) is 0.176. The van der Waals surface area contributed by atoms with Crippen LogP contribution in [0.3, 0.4) is 0 Å². The number of nitriles is 2. The van der Waals surface area contributed by atoms with Crippen molar-refractivity contribution in [3.63, 3.8) is 0 Å². The van der Waals surface area contributed by atoms with Gasteiger partial charge in [0.1, 0.15) is 28.5 Å². The van der Waals surface area contributed by atoms with Crippen LogP contribution in [-0.2, 0) is 11.2 Å². The Morgan fingerprint density at radius 2 is 1.88 bits per heavy atom. The number of pyridine rings is 1. The van der Waals surface area contributed by atoms with Gasteiger partial charge < -0.3 is 5.73 Å². The lowest BCUT2D eigenvalue weighted by Gasteiger charge is -2.14. The molecule has 5 N–H and O–H groups in total. The molecule has 1 heterocycles. The Morgan fingerprint density at radius 1 is 1.25 bits per heavy atom. The maximum atomic E-state index is 11.9. The molecule has 1 aromatic carbocycles. The number of nitrogen functional groups attached to an aromatic ring is 1. The van der Waals surface area contributed by atoms with Crippen LogP contribution in [0.25, 0.3) is 0 Å². The molecule has 1 atom stereocenters. The number of primary amides is 1. The smallest absolute Gasteiger partial charge is 0.289 e. The highest BCUT2D eigenvalue weighted by Crippen LogP contribution is 2.36. The van der Waals surface area contributed by atoms with Gasteiger partial charge in [-0.1, -0.05) is 49.0 Å². The molecule has 0 bridgehead atoms. The number of carbonyl (C=O) groups excluding carboxylic acids is 1. The highest BCUT2D eigenvalue weighted by molar-refractivity contribution is 8.00. The van der Waals surface area contributed by atoms with E-state index in [1.165, 1.54) is 0 Å². The van der Waals surface area contributed by atoms with Gasteiger partial charge in [0.25, 0.3) is 5.82 Å². The molecule has 24 heavy (non-hydrogen) atoms. The molecule has 0 spiro atoms. The van der Waals surface area contributed by atoms with E-state index in [1.807, 2.05) is 31.2 Å². The molecule has 1 amide bonds. The van der Waals surface area contributed by atoms with Crippen LogP contribution in [0.1, 0.15) is 34.4 Å². The maximum Gasteiger partial charge on any atom is 0.289 e. The van der Waals surface area contributed by atoms with E-state index in [0.29, 0.717) is 22.6 Å². The molecule has 2 rings (SSSR count). The number of hydrogen-bond acceptors (Lipinski definition) is 5. The number of H-pyrrole nitrogens is 1. The lowest BCUT2D eigenvalue weighted by Crippen LogP contribution is -2.23. The normalized spacial score (nSPS) is 11.3. The van der Waals surface area contributed by atoms with Crippen LogP contribution in [0.2, 0.25) is 0 Å². The molecule has 120 valence electrons. The minimum atomic E-state index is -0.674. The molecule has 1 aromatic heterocycles. The summed E-state index contributed by atoms with van der Waals surface area (Å²) in [6.45, 7) is 1.84. The summed E-state index contributed by atoms with van der Waals surface area (Å²) >= 11 is 1.12. The number of rotatable bonds is 5. The van der Waals surface area contributed by atoms with Crippen LogP contribution in [0.5, 0.6) is 0 Å². The quantitative estimate of drug-likeness (QED) is 0.801. The Morgan fingerprint density at radius 3 is 2.38 bits per heavy atom. The third-order valence-corrected chi connectivity index (χ3v) is 4.80. The minimum absolute atomic E-state index is 0.173. The van der Waals surface area contributed by atoms with Crippen molar-refractivity contribution in [1.82, 2.24) is 0 Å². The molecule has 7 heteroatoms. The highest BCUT2D eigenvalue weighted by atomic mass is 32.2. The van der Waals surface area contributed by atoms with Crippen LogP contribution in [0.15, 0.2) is 35.4 Å². The van der Waals surface area contributed by atoms with E-state index in [2.05, 4.69) is 11.1 Å². The van der Waals surface area contributed by atoms with Gasteiger partial charge in [-0.3, -0.25) is 10.5 Å². The monoisotopic (exact) mass is 338 g/mol. The molecule has 0 fully saturated rings. The Labute approximate surface area is 144 Å². The van der Waals surface area contributed by atoms with E-state index in [9.17, 15) is 15.3 Å². The lowest BCUT2D eigenvalue weighted by atomic mass is 10.0. The molecule has 0 saturated carbocycles. The zero-order chi connectivity index (χ0) is 17.7.